The summed E-state index contributed by atoms with van der Waals surface area (Å²) >= 11 is 1.71. The molecule has 138 valence electrons. The van der Waals surface area contributed by atoms with E-state index in [1.807, 2.05) is 18.2 Å². The first-order chi connectivity index (χ1) is 12.7. The summed E-state index contributed by atoms with van der Waals surface area (Å²) in [5.74, 6) is 0.390. The maximum Gasteiger partial charge on any atom is 0.238 e. The number of hydrogen-bond acceptors (Lipinski definition) is 6. The number of aromatic nitrogens is 1. The predicted octanol–water partition coefficient (Wildman–Crippen LogP) is 1.23. The summed E-state index contributed by atoms with van der Waals surface area (Å²) < 4.78 is 0. The highest BCUT2D eigenvalue weighted by atomic mass is 32.1. The molecule has 7 heteroatoms. The molecule has 1 amide bonds. The van der Waals surface area contributed by atoms with E-state index in [9.17, 15) is 4.79 Å². The van der Waals surface area contributed by atoms with Crippen molar-refractivity contribution >= 4 is 17.2 Å². The molecule has 0 bridgehead atoms. The van der Waals surface area contributed by atoms with Crippen LogP contribution in [0.3, 0.4) is 0 Å². The molecule has 2 saturated heterocycles. The van der Waals surface area contributed by atoms with Crippen molar-refractivity contribution in [1.29, 1.82) is 0 Å². The van der Waals surface area contributed by atoms with Crippen LogP contribution in [0.1, 0.15) is 16.3 Å². The maximum absolute atomic E-state index is 12.5. The van der Waals surface area contributed by atoms with E-state index in [1.165, 1.54) is 4.88 Å². The number of hydrazine groups is 1. The molecule has 4 rings (SSSR count). The van der Waals surface area contributed by atoms with E-state index < -0.39 is 0 Å². The van der Waals surface area contributed by atoms with Gasteiger partial charge in [0.1, 0.15) is 6.04 Å². The molecule has 26 heavy (non-hydrogen) atoms. The van der Waals surface area contributed by atoms with Crippen LogP contribution in [0, 0.1) is 12.8 Å². The van der Waals surface area contributed by atoms with Crippen molar-refractivity contribution in [3.05, 3.63) is 40.2 Å². The van der Waals surface area contributed by atoms with Crippen molar-refractivity contribution in [3.8, 4) is 11.3 Å². The molecule has 0 saturated carbocycles. The summed E-state index contributed by atoms with van der Waals surface area (Å²) in [5.41, 5.74) is 8.63. The molecule has 1 aromatic heterocycles. The Kier molecular flexibility index (Phi) is 5.31. The largest absolute Gasteiger partial charge is 0.354 e. The van der Waals surface area contributed by atoms with Crippen LogP contribution in [-0.4, -0.2) is 42.6 Å². The van der Waals surface area contributed by atoms with Crippen LogP contribution < -0.4 is 21.5 Å². The highest BCUT2D eigenvalue weighted by Gasteiger charge is 2.40. The monoisotopic (exact) mass is 371 g/mol. The van der Waals surface area contributed by atoms with Crippen molar-refractivity contribution in [2.24, 2.45) is 5.92 Å². The molecule has 4 N–H and O–H groups in total. The second-order valence-electron chi connectivity index (χ2n) is 6.95. The smallest absolute Gasteiger partial charge is 0.238 e. The second kappa shape index (κ2) is 7.84. The van der Waals surface area contributed by atoms with Gasteiger partial charge in [-0.05, 0) is 19.9 Å². The lowest BCUT2D eigenvalue weighted by Crippen LogP contribution is -2.49. The molecule has 3 unspecified atom stereocenters. The van der Waals surface area contributed by atoms with Crippen LogP contribution in [0.5, 0.6) is 0 Å². The van der Waals surface area contributed by atoms with Crippen molar-refractivity contribution in [1.82, 2.24) is 26.5 Å². The van der Waals surface area contributed by atoms with Gasteiger partial charge in [-0.3, -0.25) is 10.2 Å². The molecule has 1 aromatic carbocycles. The quantitative estimate of drug-likeness (QED) is 0.636. The Balaban J connectivity index is 1.32. The number of nitrogens with zero attached hydrogens (tertiary/aromatic N) is 1. The Morgan fingerprint density at radius 2 is 2.15 bits per heavy atom. The van der Waals surface area contributed by atoms with Crippen molar-refractivity contribution < 1.29 is 4.79 Å². The number of nitrogens with one attached hydrogen (secondary N) is 4. The van der Waals surface area contributed by atoms with Gasteiger partial charge in [-0.25, -0.2) is 10.4 Å². The van der Waals surface area contributed by atoms with E-state index in [-0.39, 0.29) is 11.9 Å². The minimum Gasteiger partial charge on any atom is -0.354 e. The molecule has 2 fully saturated rings. The number of piperidine rings is 1. The first kappa shape index (κ1) is 17.6. The standard InChI is InChI=1S/C19H25N5OS/c1-12-17(13-5-3-2-4-6-13)22-16(26-12)8-10-21-19(25)18-14-11-20-9-7-15(14)23-24-18/h2-6,14-15,18,20,23-24H,7-11H2,1H3,(H,21,25). The van der Waals surface area contributed by atoms with Crippen molar-refractivity contribution in [3.63, 3.8) is 0 Å². The van der Waals surface area contributed by atoms with E-state index in [0.29, 0.717) is 18.5 Å². The zero-order chi connectivity index (χ0) is 17.9. The lowest BCUT2D eigenvalue weighted by molar-refractivity contribution is -0.123. The fourth-order valence-corrected chi connectivity index (χ4v) is 4.76. The normalized spacial score (nSPS) is 25.0. The Morgan fingerprint density at radius 3 is 3.00 bits per heavy atom. The summed E-state index contributed by atoms with van der Waals surface area (Å²) in [4.78, 5) is 18.5. The number of benzene rings is 1. The topological polar surface area (TPSA) is 78.1 Å². The van der Waals surface area contributed by atoms with Gasteiger partial charge in [-0.2, -0.15) is 0 Å². The number of aryl methyl sites for hydroxylation is 1. The van der Waals surface area contributed by atoms with Gasteiger partial charge in [0.25, 0.3) is 0 Å². The molecule has 2 aliphatic rings. The lowest BCUT2D eigenvalue weighted by atomic mass is 9.89. The summed E-state index contributed by atoms with van der Waals surface area (Å²) in [5, 5.41) is 7.52. The number of hydrogen-bond donors (Lipinski definition) is 4. The van der Waals surface area contributed by atoms with Crippen LogP contribution in [0.15, 0.2) is 30.3 Å². The van der Waals surface area contributed by atoms with Crippen LogP contribution >= 0.6 is 11.3 Å². The molecule has 0 aliphatic carbocycles. The van der Waals surface area contributed by atoms with Crippen molar-refractivity contribution in [2.45, 2.75) is 31.8 Å². The molecule has 2 aromatic rings. The van der Waals surface area contributed by atoms with E-state index >= 15 is 0 Å². The van der Waals surface area contributed by atoms with Gasteiger partial charge in [0.15, 0.2) is 0 Å². The number of carbonyl (C=O) groups is 1. The van der Waals surface area contributed by atoms with Crippen molar-refractivity contribution in [2.75, 3.05) is 19.6 Å². The van der Waals surface area contributed by atoms with Gasteiger partial charge < -0.3 is 10.6 Å². The van der Waals surface area contributed by atoms with Gasteiger partial charge in [0.05, 0.1) is 10.7 Å². The Hall–Kier alpha value is -1.80. The third-order valence-electron chi connectivity index (χ3n) is 5.19. The van der Waals surface area contributed by atoms with E-state index in [2.05, 4.69) is 40.5 Å². The predicted molar refractivity (Wildman–Crippen MR) is 104 cm³/mol. The van der Waals surface area contributed by atoms with Crippen LogP contribution in [0.25, 0.3) is 11.3 Å². The third kappa shape index (κ3) is 3.66. The number of fused-ring (bicyclic) bond motifs is 1. The number of rotatable bonds is 5. The minimum atomic E-state index is -0.161. The average Bonchev–Trinajstić information content (AvgIpc) is 3.26. The SMILES string of the molecule is Cc1sc(CCNC(=O)C2NNC3CCNCC32)nc1-c1ccccc1. The lowest BCUT2D eigenvalue weighted by Gasteiger charge is -2.27. The zero-order valence-electron chi connectivity index (χ0n) is 14.9. The van der Waals surface area contributed by atoms with E-state index in [4.69, 9.17) is 4.98 Å². The second-order valence-corrected chi connectivity index (χ2v) is 8.24. The first-order valence-corrected chi connectivity index (χ1v) is 10.1. The van der Waals surface area contributed by atoms with Gasteiger partial charge in [-0.15, -0.1) is 11.3 Å². The zero-order valence-corrected chi connectivity index (χ0v) is 15.7. The number of thiazole rings is 1. The Bertz CT molecular complexity index is 763. The fraction of sp³-hybridized carbons (Fsp3) is 0.474. The van der Waals surface area contributed by atoms with Gasteiger partial charge in [0.2, 0.25) is 5.91 Å². The number of amides is 1. The Morgan fingerprint density at radius 1 is 1.31 bits per heavy atom. The molecule has 2 aliphatic heterocycles. The first-order valence-electron chi connectivity index (χ1n) is 9.23. The molecule has 3 atom stereocenters. The fourth-order valence-electron chi connectivity index (χ4n) is 3.80. The van der Waals surface area contributed by atoms with Crippen LogP contribution in [0.4, 0.5) is 0 Å². The van der Waals surface area contributed by atoms with E-state index in [0.717, 1.165) is 42.2 Å². The molecular formula is C19H25N5OS. The summed E-state index contributed by atoms with van der Waals surface area (Å²) in [6.45, 7) is 4.61. The summed E-state index contributed by atoms with van der Waals surface area (Å²) in [7, 11) is 0. The maximum atomic E-state index is 12.5. The number of carbonyl (C=O) groups excluding carboxylic acids is 1. The highest BCUT2D eigenvalue weighted by molar-refractivity contribution is 7.12. The summed E-state index contributed by atoms with van der Waals surface area (Å²) in [6.07, 6.45) is 1.82. The van der Waals surface area contributed by atoms with Crippen LogP contribution in [-0.2, 0) is 11.2 Å². The molecule has 3 heterocycles. The minimum absolute atomic E-state index is 0.0743. The molecule has 6 nitrogen and oxygen atoms in total. The summed E-state index contributed by atoms with van der Waals surface area (Å²) in [6, 6.07) is 10.5. The molecule has 0 spiro atoms. The van der Waals surface area contributed by atoms with Gasteiger partial charge in [0, 0.05) is 41.9 Å². The molecule has 0 radical (unpaired) electrons. The van der Waals surface area contributed by atoms with Gasteiger partial charge in [-0.1, -0.05) is 30.3 Å². The van der Waals surface area contributed by atoms with Crippen LogP contribution in [0.2, 0.25) is 0 Å². The van der Waals surface area contributed by atoms with E-state index in [1.54, 1.807) is 11.3 Å². The highest BCUT2D eigenvalue weighted by Crippen LogP contribution is 2.27. The average molecular weight is 372 g/mol. The third-order valence-corrected chi connectivity index (χ3v) is 6.22. The Labute approximate surface area is 157 Å². The molecular weight excluding hydrogens is 346 g/mol. The van der Waals surface area contributed by atoms with Gasteiger partial charge >= 0.3 is 0 Å².